The monoisotopic (exact) mass is 465 g/mol. The average Bonchev–Trinajstić information content (AvgIpc) is 3.06. The number of fused-ring (bicyclic) bond motifs is 1. The van der Waals surface area contributed by atoms with Gasteiger partial charge in [-0.3, -0.25) is 9.39 Å². The second kappa shape index (κ2) is 9.10. The van der Waals surface area contributed by atoms with E-state index in [1.54, 1.807) is 7.05 Å². The zero-order valence-electron chi connectivity index (χ0n) is 14.0. The molecule has 0 aliphatic carbocycles. The van der Waals surface area contributed by atoms with E-state index in [0.29, 0.717) is 23.6 Å². The van der Waals surface area contributed by atoms with Gasteiger partial charge in [0.2, 0.25) is 0 Å². The fourth-order valence-corrected chi connectivity index (χ4v) is 2.35. The second-order valence-electron chi connectivity index (χ2n) is 5.24. The van der Waals surface area contributed by atoms with Crippen molar-refractivity contribution in [1.29, 1.82) is 5.26 Å². The first-order chi connectivity index (χ1) is 12.2. The van der Waals surface area contributed by atoms with Crippen LogP contribution in [-0.4, -0.2) is 27.6 Å². The molecule has 134 valence electrons. The van der Waals surface area contributed by atoms with Gasteiger partial charge < -0.3 is 10.6 Å². The first kappa shape index (κ1) is 19.6. The number of pyridine rings is 1. The molecule has 0 aliphatic heterocycles. The summed E-state index contributed by atoms with van der Waals surface area (Å²) in [7, 11) is 1.62. The molecule has 9 heteroatoms. The molecule has 0 radical (unpaired) electrons. The molecule has 0 aliphatic rings. The molecule has 2 N–H and O–H groups in total. The van der Waals surface area contributed by atoms with Gasteiger partial charge in [0, 0.05) is 25.4 Å². The van der Waals surface area contributed by atoms with E-state index >= 15 is 0 Å². The number of halogens is 2. The van der Waals surface area contributed by atoms with E-state index in [1.807, 2.05) is 34.9 Å². The van der Waals surface area contributed by atoms with Crippen LogP contribution in [0.1, 0.15) is 17.0 Å². The molecule has 26 heavy (non-hydrogen) atoms. The molecule has 0 atom stereocenters. The van der Waals surface area contributed by atoms with Crippen molar-refractivity contribution in [3.8, 4) is 6.07 Å². The first-order valence-electron chi connectivity index (χ1n) is 7.63. The molecule has 3 aromatic rings. The highest BCUT2D eigenvalue weighted by Crippen LogP contribution is 2.09. The quantitative estimate of drug-likeness (QED) is 0.351. The second-order valence-corrected chi connectivity index (χ2v) is 5.24. The van der Waals surface area contributed by atoms with Crippen molar-refractivity contribution < 1.29 is 4.39 Å². The van der Waals surface area contributed by atoms with Crippen molar-refractivity contribution in [2.45, 2.75) is 13.1 Å². The Kier molecular flexibility index (Phi) is 6.85. The van der Waals surface area contributed by atoms with Crippen LogP contribution in [0.25, 0.3) is 5.65 Å². The van der Waals surface area contributed by atoms with Crippen LogP contribution in [0.5, 0.6) is 0 Å². The number of rotatable bonds is 4. The molecular formula is C17H17FIN7. The topological polar surface area (TPSA) is 90.4 Å². The molecular weight excluding hydrogens is 448 g/mol. The zero-order chi connectivity index (χ0) is 17.6. The van der Waals surface area contributed by atoms with Crippen LogP contribution in [-0.2, 0) is 13.1 Å². The lowest BCUT2D eigenvalue weighted by atomic mass is 10.1. The fourth-order valence-electron chi connectivity index (χ4n) is 2.35. The summed E-state index contributed by atoms with van der Waals surface area (Å²) < 4.78 is 15.7. The fraction of sp³-hybridized carbons (Fsp3) is 0.176. The molecule has 2 heterocycles. The summed E-state index contributed by atoms with van der Waals surface area (Å²) in [5.41, 5.74) is 1.57. The molecule has 0 spiro atoms. The summed E-state index contributed by atoms with van der Waals surface area (Å²) in [6, 6.07) is 11.9. The summed E-state index contributed by atoms with van der Waals surface area (Å²) in [6.45, 7) is 0.618. The number of hydrogen-bond acceptors (Lipinski definition) is 4. The van der Waals surface area contributed by atoms with E-state index in [1.165, 1.54) is 18.2 Å². The summed E-state index contributed by atoms with van der Waals surface area (Å²) in [5, 5.41) is 23.2. The van der Waals surface area contributed by atoms with Crippen LogP contribution < -0.4 is 10.6 Å². The van der Waals surface area contributed by atoms with Gasteiger partial charge in [-0.1, -0.05) is 6.07 Å². The van der Waals surface area contributed by atoms with E-state index in [0.717, 1.165) is 11.5 Å². The predicted octanol–water partition coefficient (Wildman–Crippen LogP) is 2.22. The minimum Gasteiger partial charge on any atom is -0.352 e. The minimum atomic E-state index is -0.370. The van der Waals surface area contributed by atoms with Gasteiger partial charge in [-0.05, 0) is 30.3 Å². The highest BCUT2D eigenvalue weighted by molar-refractivity contribution is 14.0. The Morgan fingerprint density at radius 1 is 1.23 bits per heavy atom. The number of aliphatic imine (C=N–C) groups is 1. The highest BCUT2D eigenvalue weighted by Gasteiger charge is 2.07. The Morgan fingerprint density at radius 2 is 2.04 bits per heavy atom. The zero-order valence-corrected chi connectivity index (χ0v) is 16.3. The van der Waals surface area contributed by atoms with Gasteiger partial charge in [0.25, 0.3) is 0 Å². The minimum absolute atomic E-state index is 0. The number of nitrogens with one attached hydrogen (secondary N) is 2. The standard InChI is InChI=1S/C17H16FN7.HI/c1-20-17(21-10-13-8-12(9-19)5-6-14(13)18)22-11-16-24-23-15-4-2-3-7-25(15)16;/h2-8H,10-11H2,1H3,(H2,20,21,22);1H. The van der Waals surface area contributed by atoms with Crippen molar-refractivity contribution in [3.63, 3.8) is 0 Å². The Balaban J connectivity index is 0.00000243. The molecule has 0 fully saturated rings. The first-order valence-corrected chi connectivity index (χ1v) is 7.63. The van der Waals surface area contributed by atoms with Gasteiger partial charge in [-0.25, -0.2) is 4.39 Å². The number of nitrogens with zero attached hydrogens (tertiary/aromatic N) is 5. The smallest absolute Gasteiger partial charge is 0.191 e. The van der Waals surface area contributed by atoms with Gasteiger partial charge in [0.1, 0.15) is 5.82 Å². The lowest BCUT2D eigenvalue weighted by Gasteiger charge is -2.12. The lowest BCUT2D eigenvalue weighted by Crippen LogP contribution is -2.37. The maximum atomic E-state index is 13.8. The van der Waals surface area contributed by atoms with Crippen LogP contribution in [0.4, 0.5) is 4.39 Å². The molecule has 0 amide bonds. The van der Waals surface area contributed by atoms with E-state index in [-0.39, 0.29) is 36.3 Å². The largest absolute Gasteiger partial charge is 0.352 e. The van der Waals surface area contributed by atoms with Crippen molar-refractivity contribution in [2.75, 3.05) is 7.05 Å². The third-order valence-electron chi connectivity index (χ3n) is 3.64. The van der Waals surface area contributed by atoms with Crippen LogP contribution in [0.2, 0.25) is 0 Å². The van der Waals surface area contributed by atoms with E-state index in [4.69, 9.17) is 5.26 Å². The molecule has 7 nitrogen and oxygen atoms in total. The Hall–Kier alpha value is -2.74. The van der Waals surface area contributed by atoms with Crippen LogP contribution in [0.3, 0.4) is 0 Å². The molecule has 3 rings (SSSR count). The van der Waals surface area contributed by atoms with Gasteiger partial charge in [-0.15, -0.1) is 34.2 Å². The number of benzene rings is 1. The summed E-state index contributed by atoms with van der Waals surface area (Å²) in [5.74, 6) is 0.857. The predicted molar refractivity (Wildman–Crippen MR) is 107 cm³/mol. The molecule has 1 aromatic carbocycles. The Morgan fingerprint density at radius 3 is 2.81 bits per heavy atom. The average molecular weight is 465 g/mol. The van der Waals surface area contributed by atoms with Crippen molar-refractivity contribution >= 4 is 35.6 Å². The maximum Gasteiger partial charge on any atom is 0.191 e. The molecule has 2 aromatic heterocycles. The highest BCUT2D eigenvalue weighted by atomic mass is 127. The summed E-state index contributed by atoms with van der Waals surface area (Å²) >= 11 is 0. The number of guanidine groups is 1. The number of nitriles is 1. The third kappa shape index (κ3) is 4.45. The molecule has 0 bridgehead atoms. The number of aromatic nitrogens is 3. The number of hydrogen-bond donors (Lipinski definition) is 2. The maximum absolute atomic E-state index is 13.8. The van der Waals surface area contributed by atoms with Gasteiger partial charge in [-0.2, -0.15) is 5.26 Å². The van der Waals surface area contributed by atoms with E-state index in [2.05, 4.69) is 25.8 Å². The van der Waals surface area contributed by atoms with Crippen molar-refractivity contribution in [1.82, 2.24) is 25.2 Å². The summed E-state index contributed by atoms with van der Waals surface area (Å²) in [4.78, 5) is 4.10. The van der Waals surface area contributed by atoms with Crippen LogP contribution in [0.15, 0.2) is 47.6 Å². The molecule has 0 saturated heterocycles. The summed E-state index contributed by atoms with van der Waals surface area (Å²) in [6.07, 6.45) is 1.88. The van der Waals surface area contributed by atoms with Gasteiger partial charge in [0.15, 0.2) is 17.4 Å². The third-order valence-corrected chi connectivity index (χ3v) is 3.64. The van der Waals surface area contributed by atoms with Gasteiger partial charge in [0.05, 0.1) is 18.2 Å². The van der Waals surface area contributed by atoms with Crippen LogP contribution in [0, 0.1) is 17.1 Å². The van der Waals surface area contributed by atoms with Crippen molar-refractivity contribution in [3.05, 3.63) is 65.4 Å². The van der Waals surface area contributed by atoms with E-state index < -0.39 is 0 Å². The SMILES string of the molecule is CN=C(NCc1cc(C#N)ccc1F)NCc1nnc2ccccn12.I. The molecule has 0 saturated carbocycles. The Labute approximate surface area is 167 Å². The van der Waals surface area contributed by atoms with E-state index in [9.17, 15) is 4.39 Å². The van der Waals surface area contributed by atoms with Crippen molar-refractivity contribution in [2.24, 2.45) is 4.99 Å². The molecule has 0 unspecified atom stereocenters. The van der Waals surface area contributed by atoms with Crippen LogP contribution >= 0.6 is 24.0 Å². The lowest BCUT2D eigenvalue weighted by molar-refractivity contribution is 0.604. The Bertz CT molecular complexity index is 961. The normalized spacial score (nSPS) is 10.9. The van der Waals surface area contributed by atoms with Gasteiger partial charge >= 0.3 is 0 Å².